The van der Waals surface area contributed by atoms with Crippen molar-refractivity contribution in [3.05, 3.63) is 18.2 Å². The van der Waals surface area contributed by atoms with Crippen LogP contribution in [0.3, 0.4) is 0 Å². The molecule has 88 valence electrons. The van der Waals surface area contributed by atoms with Crippen molar-refractivity contribution < 1.29 is 13.2 Å². The molecule has 0 aliphatic carbocycles. The number of ether oxygens (including phenoxy) is 1. The van der Waals surface area contributed by atoms with Crippen LogP contribution in [0.15, 0.2) is 28.1 Å². The number of methoxy groups -OCH3 is 1. The monoisotopic (exact) mass is 242 g/mol. The maximum atomic E-state index is 11.4. The number of hydrogen-bond acceptors (Lipinski definition) is 4. The second kappa shape index (κ2) is 4.52. The summed E-state index contributed by atoms with van der Waals surface area (Å²) in [5, 5.41) is 0. The highest BCUT2D eigenvalue weighted by atomic mass is 32.2. The molecule has 0 spiro atoms. The Bertz CT molecular complexity index is 517. The molecule has 0 atom stereocenters. The van der Waals surface area contributed by atoms with Crippen molar-refractivity contribution in [3.8, 4) is 5.75 Å². The van der Waals surface area contributed by atoms with E-state index in [1.807, 2.05) is 0 Å². The lowest BCUT2D eigenvalue weighted by atomic mass is 10.3. The van der Waals surface area contributed by atoms with E-state index in [0.29, 0.717) is 17.3 Å². The molecule has 6 heteroatoms. The van der Waals surface area contributed by atoms with Crippen LogP contribution in [0.1, 0.15) is 6.92 Å². The van der Waals surface area contributed by atoms with Gasteiger partial charge in [-0.25, -0.2) is 13.4 Å². The van der Waals surface area contributed by atoms with Crippen LogP contribution < -0.4 is 10.5 Å². The third-order valence-electron chi connectivity index (χ3n) is 1.83. The minimum absolute atomic E-state index is 0.159. The van der Waals surface area contributed by atoms with E-state index in [1.54, 1.807) is 13.0 Å². The summed E-state index contributed by atoms with van der Waals surface area (Å²) in [7, 11) is -1.82. The first-order valence-corrected chi connectivity index (χ1v) is 6.42. The van der Waals surface area contributed by atoms with E-state index in [-0.39, 0.29) is 4.90 Å². The number of benzene rings is 1. The molecule has 0 aliphatic heterocycles. The van der Waals surface area contributed by atoms with Crippen LogP contribution >= 0.6 is 0 Å². The maximum absolute atomic E-state index is 11.4. The van der Waals surface area contributed by atoms with Crippen LogP contribution in [0, 0.1) is 0 Å². The molecule has 0 heterocycles. The summed E-state index contributed by atoms with van der Waals surface area (Å²) in [6.07, 6.45) is 1.13. The summed E-state index contributed by atoms with van der Waals surface area (Å²) < 4.78 is 27.8. The van der Waals surface area contributed by atoms with Gasteiger partial charge in [0.1, 0.15) is 5.75 Å². The van der Waals surface area contributed by atoms with E-state index < -0.39 is 9.84 Å². The fraction of sp³-hybridized carbons (Fsp3) is 0.300. The smallest absolute Gasteiger partial charge is 0.175 e. The maximum Gasteiger partial charge on any atom is 0.175 e. The van der Waals surface area contributed by atoms with Gasteiger partial charge < -0.3 is 10.5 Å². The summed E-state index contributed by atoms with van der Waals surface area (Å²) >= 11 is 0. The first kappa shape index (κ1) is 12.5. The number of amidine groups is 1. The van der Waals surface area contributed by atoms with E-state index in [9.17, 15) is 8.42 Å². The summed E-state index contributed by atoms with van der Waals surface area (Å²) in [4.78, 5) is 4.15. The summed E-state index contributed by atoms with van der Waals surface area (Å²) in [6.45, 7) is 1.62. The fourth-order valence-corrected chi connectivity index (χ4v) is 1.82. The van der Waals surface area contributed by atoms with E-state index in [1.165, 1.54) is 19.2 Å². The summed E-state index contributed by atoms with van der Waals surface area (Å²) in [5.74, 6) is 0.788. The molecule has 0 fully saturated rings. The van der Waals surface area contributed by atoms with Gasteiger partial charge in [0.15, 0.2) is 9.84 Å². The van der Waals surface area contributed by atoms with Gasteiger partial charge in [0.05, 0.1) is 23.5 Å². The normalized spacial score (nSPS) is 12.6. The van der Waals surface area contributed by atoms with Gasteiger partial charge in [-0.05, 0) is 19.1 Å². The molecule has 0 radical (unpaired) electrons. The zero-order valence-electron chi connectivity index (χ0n) is 9.39. The van der Waals surface area contributed by atoms with Gasteiger partial charge in [-0.2, -0.15) is 0 Å². The molecular weight excluding hydrogens is 228 g/mol. The van der Waals surface area contributed by atoms with Crippen LogP contribution in [0.25, 0.3) is 0 Å². The van der Waals surface area contributed by atoms with Gasteiger partial charge in [0.25, 0.3) is 0 Å². The lowest BCUT2D eigenvalue weighted by Gasteiger charge is -2.05. The Kier molecular flexibility index (Phi) is 3.54. The fourth-order valence-electron chi connectivity index (χ4n) is 1.16. The average Bonchev–Trinajstić information content (AvgIpc) is 2.14. The molecule has 0 unspecified atom stereocenters. The lowest BCUT2D eigenvalue weighted by molar-refractivity contribution is 0.413. The average molecular weight is 242 g/mol. The second-order valence-electron chi connectivity index (χ2n) is 3.39. The molecule has 0 aliphatic rings. The van der Waals surface area contributed by atoms with Crippen molar-refractivity contribution in [2.75, 3.05) is 13.4 Å². The highest BCUT2D eigenvalue weighted by Gasteiger charge is 2.10. The number of aliphatic imine (C=N–C) groups is 1. The van der Waals surface area contributed by atoms with E-state index in [2.05, 4.69) is 4.99 Å². The molecule has 5 nitrogen and oxygen atoms in total. The molecule has 1 aromatic rings. The number of rotatable bonds is 3. The van der Waals surface area contributed by atoms with E-state index in [0.717, 1.165) is 6.26 Å². The minimum atomic E-state index is -3.28. The van der Waals surface area contributed by atoms with Crippen molar-refractivity contribution in [2.24, 2.45) is 10.7 Å². The number of nitrogens with two attached hydrogens (primary N) is 1. The highest BCUT2D eigenvalue weighted by molar-refractivity contribution is 7.90. The van der Waals surface area contributed by atoms with Gasteiger partial charge in [-0.15, -0.1) is 0 Å². The van der Waals surface area contributed by atoms with Gasteiger partial charge in [-0.3, -0.25) is 0 Å². The standard InChI is InChI=1S/C10H14N2O3S/c1-7(11)12-8-4-9(15-2)6-10(5-8)16(3,13)14/h4-6H,1-3H3,(H2,11,12). The Morgan fingerprint density at radius 3 is 2.44 bits per heavy atom. The summed E-state index contributed by atoms with van der Waals surface area (Å²) in [6, 6.07) is 4.51. The van der Waals surface area contributed by atoms with Crippen LogP contribution in [0.4, 0.5) is 5.69 Å². The van der Waals surface area contributed by atoms with Crippen LogP contribution in [-0.4, -0.2) is 27.6 Å². The molecule has 0 saturated carbocycles. The third-order valence-corrected chi connectivity index (χ3v) is 2.93. The largest absolute Gasteiger partial charge is 0.497 e. The molecule has 1 aromatic carbocycles. The Morgan fingerprint density at radius 2 is 2.00 bits per heavy atom. The molecular formula is C10H14N2O3S. The molecule has 0 saturated heterocycles. The van der Waals surface area contributed by atoms with E-state index >= 15 is 0 Å². The predicted molar refractivity (Wildman–Crippen MR) is 63.1 cm³/mol. The van der Waals surface area contributed by atoms with E-state index in [4.69, 9.17) is 10.5 Å². The highest BCUT2D eigenvalue weighted by Crippen LogP contribution is 2.25. The molecule has 0 bridgehead atoms. The third kappa shape index (κ3) is 3.23. The molecule has 16 heavy (non-hydrogen) atoms. The lowest BCUT2D eigenvalue weighted by Crippen LogP contribution is -2.04. The van der Waals surface area contributed by atoms with Crippen LogP contribution in [0.2, 0.25) is 0 Å². The predicted octanol–water partition coefficient (Wildman–Crippen LogP) is 1.11. The molecule has 2 N–H and O–H groups in total. The van der Waals surface area contributed by atoms with Crippen molar-refractivity contribution in [1.82, 2.24) is 0 Å². The Labute approximate surface area is 94.9 Å². The van der Waals surface area contributed by atoms with Crippen molar-refractivity contribution in [2.45, 2.75) is 11.8 Å². The first-order valence-electron chi connectivity index (χ1n) is 4.53. The Morgan fingerprint density at radius 1 is 1.38 bits per heavy atom. The van der Waals surface area contributed by atoms with Crippen LogP contribution in [0.5, 0.6) is 5.75 Å². The molecule has 0 aromatic heterocycles. The molecule has 0 amide bonds. The Hall–Kier alpha value is -1.56. The molecule has 1 rings (SSSR count). The summed E-state index contributed by atoms with van der Waals surface area (Å²) in [5.41, 5.74) is 5.89. The van der Waals surface area contributed by atoms with Gasteiger partial charge >= 0.3 is 0 Å². The SMILES string of the molecule is COc1cc(N=C(C)N)cc(S(C)(=O)=O)c1. The number of sulfone groups is 1. The van der Waals surface area contributed by atoms with Crippen molar-refractivity contribution >= 4 is 21.4 Å². The zero-order chi connectivity index (χ0) is 12.3. The number of nitrogens with zero attached hydrogens (tertiary/aromatic N) is 1. The van der Waals surface area contributed by atoms with Gasteiger partial charge in [-0.1, -0.05) is 0 Å². The minimum Gasteiger partial charge on any atom is -0.497 e. The zero-order valence-corrected chi connectivity index (χ0v) is 10.2. The van der Waals surface area contributed by atoms with Gasteiger partial charge in [0, 0.05) is 12.3 Å². The van der Waals surface area contributed by atoms with Gasteiger partial charge in [0.2, 0.25) is 0 Å². The van der Waals surface area contributed by atoms with Crippen LogP contribution in [-0.2, 0) is 9.84 Å². The quantitative estimate of drug-likeness (QED) is 0.635. The second-order valence-corrected chi connectivity index (χ2v) is 5.41. The van der Waals surface area contributed by atoms with Crippen molar-refractivity contribution in [3.63, 3.8) is 0 Å². The van der Waals surface area contributed by atoms with Crippen molar-refractivity contribution in [1.29, 1.82) is 0 Å². The Balaban J connectivity index is 3.38. The topological polar surface area (TPSA) is 81.8 Å². The number of hydrogen-bond donors (Lipinski definition) is 1. The first-order chi connectivity index (χ1) is 7.32.